The van der Waals surface area contributed by atoms with E-state index in [-0.39, 0.29) is 5.84 Å². The fourth-order valence-corrected chi connectivity index (χ4v) is 9.04. The summed E-state index contributed by atoms with van der Waals surface area (Å²) in [6.07, 6.45) is 0. The quantitative estimate of drug-likeness (QED) is 0.117. The van der Waals surface area contributed by atoms with Gasteiger partial charge in [0.1, 0.15) is 0 Å². The van der Waals surface area contributed by atoms with E-state index >= 15 is 0 Å². The van der Waals surface area contributed by atoms with Crippen LogP contribution in [0.2, 0.25) is 0 Å². The molecular weight excluding hydrogens is 821 g/mol. The van der Waals surface area contributed by atoms with Gasteiger partial charge in [-0.3, -0.25) is 15.5 Å². The van der Waals surface area contributed by atoms with Crippen LogP contribution in [-0.2, 0) is 0 Å². The van der Waals surface area contributed by atoms with Crippen LogP contribution in [0.1, 0.15) is 11.1 Å². The first-order valence-corrected chi connectivity index (χ1v) is 22.2. The normalized spacial score (nSPS) is 11.7. The smallest absolute Gasteiger partial charge is 0.164 e. The van der Waals surface area contributed by atoms with Crippen molar-refractivity contribution in [3.05, 3.63) is 242 Å². The first kappa shape index (κ1) is 39.3. The van der Waals surface area contributed by atoms with Crippen LogP contribution in [0.4, 0.5) is 0 Å². The summed E-state index contributed by atoms with van der Waals surface area (Å²) in [4.78, 5) is 20.1. The zero-order valence-electron chi connectivity index (χ0n) is 36.1. The molecule has 2 N–H and O–H groups in total. The van der Waals surface area contributed by atoms with Crippen LogP contribution in [0, 0.1) is 5.41 Å². The Balaban J connectivity index is 0.979. The maximum Gasteiger partial charge on any atom is 0.164 e. The van der Waals surface area contributed by atoms with Gasteiger partial charge in [-0.15, -0.1) is 0 Å². The Morgan fingerprint density at radius 3 is 1.52 bits per heavy atom. The zero-order valence-corrected chi connectivity index (χ0v) is 36.1. The number of benzene rings is 9. The number of nitrogens with zero attached hydrogens (tertiary/aromatic N) is 6. The number of nitrogens with one attached hydrogen (secondary N) is 2. The van der Waals surface area contributed by atoms with Gasteiger partial charge in [0.05, 0.1) is 22.1 Å². The number of hydrogen-bond acceptors (Lipinski definition) is 4. The Hall–Kier alpha value is -9.27. The van der Waals surface area contributed by atoms with Gasteiger partial charge < -0.3 is 4.57 Å². The SMILES string of the molecule is N=C(N=C(Nn1c2ccccc2c2cc3c(cc21)c1ccccc1n3-c1ccc(-c2nc(-c3ccccc3)nc(-c3cccc(-c4ccccc4)c3)n2)cc1)c1ccccc1)c1ccccc1. The van der Waals surface area contributed by atoms with Crippen molar-refractivity contribution in [1.29, 1.82) is 5.41 Å². The Morgan fingerprint density at radius 1 is 0.373 bits per heavy atom. The van der Waals surface area contributed by atoms with Crippen molar-refractivity contribution in [3.63, 3.8) is 0 Å². The maximum absolute atomic E-state index is 8.98. The van der Waals surface area contributed by atoms with E-state index in [1.165, 1.54) is 0 Å². The summed E-state index contributed by atoms with van der Waals surface area (Å²) in [5.74, 6) is 2.57. The lowest BCUT2D eigenvalue weighted by atomic mass is 10.0. The van der Waals surface area contributed by atoms with Crippen molar-refractivity contribution >= 4 is 55.3 Å². The highest BCUT2D eigenvalue weighted by molar-refractivity contribution is 6.20. The number of amidine groups is 2. The minimum absolute atomic E-state index is 0.172. The molecule has 0 atom stereocenters. The summed E-state index contributed by atoms with van der Waals surface area (Å²) < 4.78 is 4.45. The van der Waals surface area contributed by atoms with E-state index in [4.69, 9.17) is 25.4 Å². The van der Waals surface area contributed by atoms with E-state index in [0.29, 0.717) is 23.3 Å². The molecule has 0 aliphatic heterocycles. The summed E-state index contributed by atoms with van der Waals surface area (Å²) in [6, 6.07) is 78.6. The lowest BCUT2D eigenvalue weighted by Gasteiger charge is -2.15. The molecule has 0 aliphatic rings. The van der Waals surface area contributed by atoms with E-state index in [1.807, 2.05) is 97.1 Å². The number of aromatic nitrogens is 5. The monoisotopic (exact) mass is 860 g/mol. The predicted octanol–water partition coefficient (Wildman–Crippen LogP) is 13.8. The highest BCUT2D eigenvalue weighted by Gasteiger charge is 2.20. The molecule has 8 heteroatoms. The number of rotatable bonds is 8. The number of para-hydroxylation sites is 2. The Kier molecular flexibility index (Phi) is 9.80. The fourth-order valence-electron chi connectivity index (χ4n) is 9.04. The lowest BCUT2D eigenvalue weighted by molar-refractivity contribution is 1.07. The minimum Gasteiger partial charge on any atom is -0.309 e. The average Bonchev–Trinajstić information content (AvgIpc) is 3.89. The molecule has 8 nitrogen and oxygen atoms in total. The molecule has 67 heavy (non-hydrogen) atoms. The first-order chi connectivity index (χ1) is 33.1. The van der Waals surface area contributed by atoms with Gasteiger partial charge in [-0.1, -0.05) is 176 Å². The summed E-state index contributed by atoms with van der Waals surface area (Å²) in [6.45, 7) is 0. The molecule has 0 bridgehead atoms. The van der Waals surface area contributed by atoms with Gasteiger partial charge in [-0.05, 0) is 65.7 Å². The van der Waals surface area contributed by atoms with Crippen LogP contribution in [0.3, 0.4) is 0 Å². The van der Waals surface area contributed by atoms with E-state index in [1.54, 1.807) is 0 Å². The number of fused-ring (bicyclic) bond motifs is 6. The van der Waals surface area contributed by atoms with Crippen LogP contribution in [0.15, 0.2) is 236 Å². The third-order valence-corrected chi connectivity index (χ3v) is 12.3. The van der Waals surface area contributed by atoms with Gasteiger partial charge in [-0.2, -0.15) is 0 Å². The van der Waals surface area contributed by atoms with Crippen LogP contribution in [0.5, 0.6) is 0 Å². The summed E-state index contributed by atoms with van der Waals surface area (Å²) in [7, 11) is 0. The van der Waals surface area contributed by atoms with Crippen LogP contribution < -0.4 is 5.43 Å². The molecule has 0 saturated heterocycles. The molecule has 3 aromatic heterocycles. The van der Waals surface area contributed by atoms with Gasteiger partial charge in [-0.25, -0.2) is 19.9 Å². The highest BCUT2D eigenvalue weighted by Crippen LogP contribution is 2.39. The van der Waals surface area contributed by atoms with Crippen molar-refractivity contribution in [2.24, 2.45) is 4.99 Å². The molecule has 3 heterocycles. The molecule has 9 aromatic carbocycles. The molecule has 0 radical (unpaired) electrons. The number of hydrogen-bond donors (Lipinski definition) is 2. The van der Waals surface area contributed by atoms with E-state index in [2.05, 4.69) is 148 Å². The largest absolute Gasteiger partial charge is 0.309 e. The Morgan fingerprint density at radius 2 is 0.851 bits per heavy atom. The molecular formula is C59H40N8. The lowest BCUT2D eigenvalue weighted by Crippen LogP contribution is -2.25. The van der Waals surface area contributed by atoms with Gasteiger partial charge >= 0.3 is 0 Å². The Labute approximate surface area is 386 Å². The third kappa shape index (κ3) is 7.28. The third-order valence-electron chi connectivity index (χ3n) is 12.3. The number of aliphatic imine (C=N–C) groups is 1. The second kappa shape index (κ2) is 16.7. The van der Waals surface area contributed by atoms with Crippen molar-refractivity contribution < 1.29 is 0 Å². The van der Waals surface area contributed by atoms with Crippen LogP contribution in [-0.4, -0.2) is 35.9 Å². The molecule has 0 spiro atoms. The van der Waals surface area contributed by atoms with E-state index in [0.717, 1.165) is 88.2 Å². The molecule has 12 rings (SSSR count). The van der Waals surface area contributed by atoms with Crippen LogP contribution in [0.25, 0.3) is 94.6 Å². The molecule has 0 unspecified atom stereocenters. The molecule has 12 aromatic rings. The molecule has 0 amide bonds. The maximum atomic E-state index is 8.98. The highest BCUT2D eigenvalue weighted by atomic mass is 15.4. The van der Waals surface area contributed by atoms with Gasteiger partial charge in [0.2, 0.25) is 0 Å². The van der Waals surface area contributed by atoms with Crippen molar-refractivity contribution in [1.82, 2.24) is 24.2 Å². The van der Waals surface area contributed by atoms with Gasteiger partial charge in [0.15, 0.2) is 29.1 Å². The average molecular weight is 861 g/mol. The second-order valence-corrected chi connectivity index (χ2v) is 16.4. The first-order valence-electron chi connectivity index (χ1n) is 22.2. The second-order valence-electron chi connectivity index (χ2n) is 16.4. The van der Waals surface area contributed by atoms with Crippen LogP contribution >= 0.6 is 0 Å². The van der Waals surface area contributed by atoms with Gasteiger partial charge in [0, 0.05) is 55.0 Å². The zero-order chi connectivity index (χ0) is 44.7. The van der Waals surface area contributed by atoms with Crippen molar-refractivity contribution in [2.75, 3.05) is 5.43 Å². The molecule has 0 fully saturated rings. The summed E-state index contributed by atoms with van der Waals surface area (Å²) in [5.41, 5.74) is 15.4. The predicted molar refractivity (Wildman–Crippen MR) is 275 cm³/mol. The van der Waals surface area contributed by atoms with Gasteiger partial charge in [0.25, 0.3) is 0 Å². The fraction of sp³-hybridized carbons (Fsp3) is 0. The Bertz CT molecular complexity index is 3820. The minimum atomic E-state index is 0.172. The van der Waals surface area contributed by atoms with Crippen molar-refractivity contribution in [2.45, 2.75) is 0 Å². The molecule has 0 saturated carbocycles. The standard InChI is InChI=1S/C59H40N8/c60-55(40-20-7-2-8-21-40)61-59(42-24-11-4-12-25-42)65-67-52-31-16-14-29-48(52)50-37-53-49(38-54(50)67)47-28-13-15-30-51(47)66(53)46-34-32-43(33-35-46)57-62-56(41-22-9-3-10-23-41)63-58(64-57)45-27-17-26-44(36-45)39-18-5-1-6-19-39/h1-38H,(H2,60,61,65). The topological polar surface area (TPSA) is 96.8 Å². The molecule has 316 valence electrons. The molecule has 0 aliphatic carbocycles. The summed E-state index contributed by atoms with van der Waals surface area (Å²) in [5, 5.41) is 13.4. The van der Waals surface area contributed by atoms with E-state index in [9.17, 15) is 0 Å². The van der Waals surface area contributed by atoms with Crippen molar-refractivity contribution in [3.8, 4) is 51.0 Å². The summed E-state index contributed by atoms with van der Waals surface area (Å²) >= 11 is 0. The van der Waals surface area contributed by atoms with E-state index < -0.39 is 0 Å².